The van der Waals surface area contributed by atoms with Crippen LogP contribution in [0.1, 0.15) is 24.4 Å². The van der Waals surface area contributed by atoms with Gasteiger partial charge < -0.3 is 5.32 Å². The smallest absolute Gasteiger partial charge is 0.0953 e. The summed E-state index contributed by atoms with van der Waals surface area (Å²) < 4.78 is 1.69. The first kappa shape index (κ1) is 13.3. The van der Waals surface area contributed by atoms with Crippen molar-refractivity contribution in [2.24, 2.45) is 7.05 Å². The Kier molecular flexibility index (Phi) is 4.16. The molecule has 0 amide bonds. The van der Waals surface area contributed by atoms with Crippen LogP contribution in [0.5, 0.6) is 0 Å². The summed E-state index contributed by atoms with van der Waals surface area (Å²) in [5.74, 6) is 0. The molecule has 5 nitrogen and oxygen atoms in total. The van der Waals surface area contributed by atoms with Crippen LogP contribution in [-0.2, 0) is 7.05 Å². The fraction of sp³-hybridized carbons (Fsp3) is 0.364. The van der Waals surface area contributed by atoms with Gasteiger partial charge in [-0.3, -0.25) is 9.67 Å². The summed E-state index contributed by atoms with van der Waals surface area (Å²) in [6.45, 7) is 2.79. The summed E-state index contributed by atoms with van der Waals surface area (Å²) in [5.41, 5.74) is 1.61. The summed E-state index contributed by atoms with van der Waals surface area (Å²) >= 11 is 12.0. The lowest BCUT2D eigenvalue weighted by Crippen LogP contribution is -2.25. The minimum atomic E-state index is -0.153. The highest BCUT2D eigenvalue weighted by atomic mass is 35.5. The van der Waals surface area contributed by atoms with Gasteiger partial charge in [0.1, 0.15) is 0 Å². The molecule has 0 saturated heterocycles. The SMILES string of the molecule is CCNC(c1ncc(Cl)cc1Cl)c1cnnn1C. The van der Waals surface area contributed by atoms with Gasteiger partial charge >= 0.3 is 0 Å². The van der Waals surface area contributed by atoms with Crippen LogP contribution in [0.4, 0.5) is 0 Å². The summed E-state index contributed by atoms with van der Waals surface area (Å²) in [4.78, 5) is 4.30. The van der Waals surface area contributed by atoms with Crippen molar-refractivity contribution in [2.75, 3.05) is 6.54 Å². The van der Waals surface area contributed by atoms with Gasteiger partial charge in [-0.25, -0.2) is 0 Å². The third-order valence-corrected chi connectivity index (χ3v) is 3.07. The number of pyridine rings is 1. The van der Waals surface area contributed by atoms with Crippen molar-refractivity contribution in [3.8, 4) is 0 Å². The standard InChI is InChI=1S/C11H13Cl2N5/c1-3-14-11(9-6-16-17-18(9)2)10-8(13)4-7(12)5-15-10/h4-6,11,14H,3H2,1-2H3. The van der Waals surface area contributed by atoms with Crippen LogP contribution in [0.3, 0.4) is 0 Å². The minimum Gasteiger partial charge on any atom is -0.304 e. The lowest BCUT2D eigenvalue weighted by Gasteiger charge is -2.18. The van der Waals surface area contributed by atoms with Crippen LogP contribution in [0.25, 0.3) is 0 Å². The molecule has 18 heavy (non-hydrogen) atoms. The monoisotopic (exact) mass is 285 g/mol. The Morgan fingerprint density at radius 2 is 2.17 bits per heavy atom. The molecule has 7 heteroatoms. The van der Waals surface area contributed by atoms with Crippen molar-refractivity contribution in [2.45, 2.75) is 13.0 Å². The van der Waals surface area contributed by atoms with E-state index in [1.54, 1.807) is 23.1 Å². The van der Waals surface area contributed by atoms with Crippen LogP contribution in [0, 0.1) is 0 Å². The first-order chi connectivity index (χ1) is 8.63. The fourth-order valence-corrected chi connectivity index (χ4v) is 2.23. The topological polar surface area (TPSA) is 55.6 Å². The number of rotatable bonds is 4. The number of nitrogens with zero attached hydrogens (tertiary/aromatic N) is 4. The van der Waals surface area contributed by atoms with E-state index in [2.05, 4.69) is 20.6 Å². The van der Waals surface area contributed by atoms with Gasteiger partial charge in [0.05, 0.1) is 33.7 Å². The van der Waals surface area contributed by atoms with Crippen molar-refractivity contribution in [1.82, 2.24) is 25.3 Å². The molecule has 2 heterocycles. The maximum absolute atomic E-state index is 6.19. The minimum absolute atomic E-state index is 0.153. The summed E-state index contributed by atoms with van der Waals surface area (Å²) in [6, 6.07) is 1.53. The molecule has 0 aliphatic rings. The van der Waals surface area contributed by atoms with Crippen molar-refractivity contribution in [3.63, 3.8) is 0 Å². The quantitative estimate of drug-likeness (QED) is 0.936. The Hall–Kier alpha value is -1.17. The predicted octanol–water partition coefficient (Wildman–Crippen LogP) is 2.22. The van der Waals surface area contributed by atoms with Crippen molar-refractivity contribution in [3.05, 3.63) is 39.9 Å². The van der Waals surface area contributed by atoms with E-state index in [0.717, 1.165) is 12.2 Å². The van der Waals surface area contributed by atoms with E-state index in [9.17, 15) is 0 Å². The van der Waals surface area contributed by atoms with Gasteiger partial charge in [-0.1, -0.05) is 35.3 Å². The summed E-state index contributed by atoms with van der Waals surface area (Å²) in [6.07, 6.45) is 3.27. The molecule has 1 unspecified atom stereocenters. The molecule has 0 radical (unpaired) electrons. The molecule has 1 N–H and O–H groups in total. The van der Waals surface area contributed by atoms with E-state index in [-0.39, 0.29) is 6.04 Å². The zero-order chi connectivity index (χ0) is 13.1. The van der Waals surface area contributed by atoms with E-state index >= 15 is 0 Å². The maximum Gasteiger partial charge on any atom is 0.0953 e. The molecule has 0 spiro atoms. The Morgan fingerprint density at radius 1 is 1.39 bits per heavy atom. The molecule has 96 valence electrons. The maximum atomic E-state index is 6.19. The molecule has 0 aliphatic heterocycles. The van der Waals surface area contributed by atoms with Crippen molar-refractivity contribution >= 4 is 23.2 Å². The first-order valence-corrected chi connectivity index (χ1v) is 6.28. The molecule has 2 rings (SSSR count). The number of nitrogens with one attached hydrogen (secondary N) is 1. The Labute approximate surface area is 115 Å². The molecule has 0 bridgehead atoms. The number of hydrogen-bond donors (Lipinski definition) is 1. The first-order valence-electron chi connectivity index (χ1n) is 5.52. The third-order valence-electron chi connectivity index (χ3n) is 2.56. The molecule has 2 aromatic rings. The van der Waals surface area contributed by atoms with E-state index in [1.807, 2.05) is 14.0 Å². The zero-order valence-corrected chi connectivity index (χ0v) is 11.6. The van der Waals surface area contributed by atoms with Crippen LogP contribution < -0.4 is 5.32 Å². The van der Waals surface area contributed by atoms with Gasteiger partial charge in [-0.2, -0.15) is 0 Å². The lowest BCUT2D eigenvalue weighted by molar-refractivity contribution is 0.558. The number of aromatic nitrogens is 4. The van der Waals surface area contributed by atoms with Crippen LogP contribution >= 0.6 is 23.2 Å². The Balaban J connectivity index is 2.45. The zero-order valence-electron chi connectivity index (χ0n) is 10.1. The molecular formula is C11H13Cl2N5. The highest BCUT2D eigenvalue weighted by molar-refractivity contribution is 6.34. The second-order valence-electron chi connectivity index (χ2n) is 3.79. The van der Waals surface area contributed by atoms with Gasteiger partial charge in [0.2, 0.25) is 0 Å². The second-order valence-corrected chi connectivity index (χ2v) is 4.64. The van der Waals surface area contributed by atoms with Gasteiger partial charge in [0.25, 0.3) is 0 Å². The lowest BCUT2D eigenvalue weighted by atomic mass is 10.1. The van der Waals surface area contributed by atoms with Crippen LogP contribution in [0.2, 0.25) is 10.0 Å². The average Bonchev–Trinajstić information content (AvgIpc) is 2.73. The van der Waals surface area contributed by atoms with Gasteiger partial charge in [-0.15, -0.1) is 5.10 Å². The Bertz CT molecular complexity index is 540. The van der Waals surface area contributed by atoms with Crippen LogP contribution in [-0.4, -0.2) is 26.5 Å². The second kappa shape index (κ2) is 5.65. The molecule has 0 aromatic carbocycles. The van der Waals surface area contributed by atoms with E-state index in [4.69, 9.17) is 23.2 Å². The Morgan fingerprint density at radius 3 is 2.72 bits per heavy atom. The molecule has 1 atom stereocenters. The summed E-state index contributed by atoms with van der Waals surface area (Å²) in [7, 11) is 1.83. The average molecular weight is 286 g/mol. The van der Waals surface area contributed by atoms with Gasteiger partial charge in [0, 0.05) is 13.2 Å². The molecule has 2 aromatic heterocycles. The largest absolute Gasteiger partial charge is 0.304 e. The fourth-order valence-electron chi connectivity index (χ4n) is 1.74. The van der Waals surface area contributed by atoms with E-state index in [0.29, 0.717) is 15.7 Å². The molecular weight excluding hydrogens is 273 g/mol. The van der Waals surface area contributed by atoms with Gasteiger partial charge in [-0.05, 0) is 12.6 Å². The molecule has 0 fully saturated rings. The van der Waals surface area contributed by atoms with Crippen molar-refractivity contribution < 1.29 is 0 Å². The van der Waals surface area contributed by atoms with E-state index < -0.39 is 0 Å². The third kappa shape index (κ3) is 2.63. The van der Waals surface area contributed by atoms with E-state index in [1.165, 1.54) is 0 Å². The predicted molar refractivity (Wildman–Crippen MR) is 70.8 cm³/mol. The van der Waals surface area contributed by atoms with Gasteiger partial charge in [0.15, 0.2) is 0 Å². The van der Waals surface area contributed by atoms with Crippen molar-refractivity contribution in [1.29, 1.82) is 0 Å². The number of halogens is 2. The number of aryl methyl sites for hydroxylation is 1. The highest BCUT2D eigenvalue weighted by Crippen LogP contribution is 2.27. The summed E-state index contributed by atoms with van der Waals surface area (Å²) in [5, 5.41) is 12.1. The number of hydrogen-bond acceptors (Lipinski definition) is 4. The van der Waals surface area contributed by atoms with Crippen LogP contribution in [0.15, 0.2) is 18.5 Å². The molecule has 0 saturated carbocycles. The normalized spacial score (nSPS) is 12.7. The highest BCUT2D eigenvalue weighted by Gasteiger charge is 2.21. The molecule has 0 aliphatic carbocycles.